The number of benzene rings is 1. The quantitative estimate of drug-likeness (QED) is 0.672. The number of amides is 1. The van der Waals surface area contributed by atoms with Crippen molar-refractivity contribution in [2.24, 2.45) is 0 Å². The van der Waals surface area contributed by atoms with Crippen molar-refractivity contribution in [1.82, 2.24) is 4.90 Å². The summed E-state index contributed by atoms with van der Waals surface area (Å²) in [5.41, 5.74) is 6.90. The third-order valence-electron chi connectivity index (χ3n) is 3.05. The van der Waals surface area contributed by atoms with Gasteiger partial charge in [0.25, 0.3) is 5.91 Å². The number of hydrogen-bond donors (Lipinski definition) is 1. The Kier molecular flexibility index (Phi) is 4.47. The molecule has 2 N–H and O–H groups in total. The lowest BCUT2D eigenvalue weighted by atomic mass is 10.2. The van der Waals surface area contributed by atoms with E-state index in [2.05, 4.69) is 0 Å². The lowest BCUT2D eigenvalue weighted by Gasteiger charge is -2.14. The molecule has 0 aliphatic heterocycles. The average molecular weight is 290 g/mol. The molecule has 2 rings (SSSR count). The normalized spacial score (nSPS) is 10.6. The van der Waals surface area contributed by atoms with Gasteiger partial charge in [0.05, 0.1) is 13.0 Å². The summed E-state index contributed by atoms with van der Waals surface area (Å²) in [4.78, 5) is 24.9. The first kappa shape index (κ1) is 14.9. The van der Waals surface area contributed by atoms with Crippen molar-refractivity contribution in [3.05, 3.63) is 30.0 Å². The van der Waals surface area contributed by atoms with E-state index in [0.29, 0.717) is 17.9 Å². The van der Waals surface area contributed by atoms with Crippen LogP contribution >= 0.6 is 0 Å². The van der Waals surface area contributed by atoms with Crippen LogP contribution in [0.4, 0.5) is 5.69 Å². The topological polar surface area (TPSA) is 85.8 Å². The van der Waals surface area contributed by atoms with Crippen LogP contribution in [-0.4, -0.2) is 37.0 Å². The van der Waals surface area contributed by atoms with Crippen LogP contribution in [0.25, 0.3) is 11.0 Å². The molecular weight excluding hydrogens is 272 g/mol. The maximum atomic E-state index is 12.2. The summed E-state index contributed by atoms with van der Waals surface area (Å²) in [5, 5.41) is 0.775. The Morgan fingerprint density at radius 2 is 2.10 bits per heavy atom. The van der Waals surface area contributed by atoms with E-state index in [4.69, 9.17) is 14.9 Å². The maximum absolute atomic E-state index is 12.2. The smallest absolute Gasteiger partial charge is 0.307 e. The van der Waals surface area contributed by atoms with E-state index >= 15 is 0 Å². The third-order valence-corrected chi connectivity index (χ3v) is 3.05. The number of anilines is 1. The average Bonchev–Trinajstić information content (AvgIpc) is 2.87. The van der Waals surface area contributed by atoms with Crippen molar-refractivity contribution in [1.29, 1.82) is 0 Å². The van der Waals surface area contributed by atoms with Crippen molar-refractivity contribution in [2.75, 3.05) is 25.9 Å². The molecule has 1 aromatic heterocycles. The lowest BCUT2D eigenvalue weighted by Crippen LogP contribution is -2.29. The highest BCUT2D eigenvalue weighted by Gasteiger charge is 2.17. The first-order valence-corrected chi connectivity index (χ1v) is 6.71. The van der Waals surface area contributed by atoms with Crippen molar-refractivity contribution in [3.8, 4) is 0 Å². The van der Waals surface area contributed by atoms with Gasteiger partial charge in [0, 0.05) is 24.7 Å². The van der Waals surface area contributed by atoms with Crippen LogP contribution in [0.1, 0.15) is 23.9 Å². The number of nitrogen functional groups attached to an aromatic ring is 1. The number of fused-ring (bicyclic) bond motifs is 1. The number of ether oxygens (including phenoxy) is 1. The highest BCUT2D eigenvalue weighted by atomic mass is 16.5. The highest BCUT2D eigenvalue weighted by molar-refractivity contribution is 5.96. The summed E-state index contributed by atoms with van der Waals surface area (Å²) in [7, 11) is 1.61. The molecule has 21 heavy (non-hydrogen) atoms. The fourth-order valence-corrected chi connectivity index (χ4v) is 1.95. The van der Waals surface area contributed by atoms with Crippen molar-refractivity contribution >= 4 is 28.5 Å². The molecule has 6 nitrogen and oxygen atoms in total. The van der Waals surface area contributed by atoms with Crippen LogP contribution in [-0.2, 0) is 9.53 Å². The maximum Gasteiger partial charge on any atom is 0.307 e. The van der Waals surface area contributed by atoms with E-state index in [1.54, 1.807) is 38.2 Å². The van der Waals surface area contributed by atoms with Gasteiger partial charge in [0.15, 0.2) is 5.76 Å². The molecule has 6 heteroatoms. The summed E-state index contributed by atoms with van der Waals surface area (Å²) in [6.07, 6.45) is 0.156. The van der Waals surface area contributed by atoms with Crippen molar-refractivity contribution in [2.45, 2.75) is 13.3 Å². The Balaban J connectivity index is 2.05. The highest BCUT2D eigenvalue weighted by Crippen LogP contribution is 2.22. The molecule has 1 aromatic carbocycles. The molecule has 1 heterocycles. The van der Waals surface area contributed by atoms with Crippen LogP contribution in [0.5, 0.6) is 0 Å². The predicted molar refractivity (Wildman–Crippen MR) is 78.8 cm³/mol. The number of esters is 1. The second-order valence-electron chi connectivity index (χ2n) is 4.69. The Morgan fingerprint density at radius 1 is 1.33 bits per heavy atom. The molecule has 0 saturated carbocycles. The van der Waals surface area contributed by atoms with Gasteiger partial charge in [-0.3, -0.25) is 9.59 Å². The van der Waals surface area contributed by atoms with E-state index < -0.39 is 0 Å². The Bertz CT molecular complexity index is 663. The van der Waals surface area contributed by atoms with Crippen molar-refractivity contribution in [3.63, 3.8) is 0 Å². The minimum atomic E-state index is -0.325. The van der Waals surface area contributed by atoms with Crippen LogP contribution in [0.3, 0.4) is 0 Å². The zero-order chi connectivity index (χ0) is 15.4. The van der Waals surface area contributed by atoms with Crippen molar-refractivity contribution < 1.29 is 18.7 Å². The monoisotopic (exact) mass is 290 g/mol. The molecule has 0 aliphatic carbocycles. The molecule has 0 bridgehead atoms. The lowest BCUT2D eigenvalue weighted by molar-refractivity contribution is -0.143. The predicted octanol–water partition coefficient (Wildman–Crippen LogP) is 2.04. The fourth-order valence-electron chi connectivity index (χ4n) is 1.95. The number of rotatable bonds is 5. The molecule has 0 unspecified atom stereocenters. The van der Waals surface area contributed by atoms with E-state index in [1.165, 1.54) is 4.90 Å². The SMILES string of the molecule is CCOC(=O)CCN(C)C(=O)c1cc2cc(N)ccc2o1. The number of nitrogens with two attached hydrogens (primary N) is 1. The second-order valence-corrected chi connectivity index (χ2v) is 4.69. The van der Waals surface area contributed by atoms with Gasteiger partial charge in [-0.15, -0.1) is 0 Å². The molecule has 1 amide bonds. The first-order valence-electron chi connectivity index (χ1n) is 6.71. The summed E-state index contributed by atoms with van der Waals surface area (Å²) in [6.45, 7) is 2.35. The van der Waals surface area contributed by atoms with Gasteiger partial charge < -0.3 is 19.8 Å². The molecule has 0 spiro atoms. The molecular formula is C15H18N2O4. The van der Waals surface area contributed by atoms with Crippen LogP contribution in [0.2, 0.25) is 0 Å². The Hall–Kier alpha value is -2.50. The van der Waals surface area contributed by atoms with Crippen LogP contribution in [0, 0.1) is 0 Å². The van der Waals surface area contributed by atoms with Gasteiger partial charge >= 0.3 is 5.97 Å². The Morgan fingerprint density at radius 3 is 2.81 bits per heavy atom. The molecule has 0 aliphatic rings. The molecule has 112 valence electrons. The van der Waals surface area contributed by atoms with E-state index in [1.807, 2.05) is 0 Å². The van der Waals surface area contributed by atoms with Gasteiger partial charge in [0.1, 0.15) is 5.58 Å². The number of hydrogen-bond acceptors (Lipinski definition) is 5. The largest absolute Gasteiger partial charge is 0.466 e. The number of nitrogens with zero attached hydrogens (tertiary/aromatic N) is 1. The van der Waals surface area contributed by atoms with Gasteiger partial charge in [-0.05, 0) is 31.2 Å². The minimum Gasteiger partial charge on any atom is -0.466 e. The molecule has 0 fully saturated rings. The van der Waals surface area contributed by atoms with Crippen LogP contribution in [0.15, 0.2) is 28.7 Å². The second kappa shape index (κ2) is 6.30. The zero-order valence-corrected chi connectivity index (χ0v) is 12.1. The summed E-state index contributed by atoms with van der Waals surface area (Å²) in [6, 6.07) is 6.83. The van der Waals surface area contributed by atoms with Gasteiger partial charge in [-0.1, -0.05) is 0 Å². The van der Waals surface area contributed by atoms with Crippen LogP contribution < -0.4 is 5.73 Å². The zero-order valence-electron chi connectivity index (χ0n) is 12.1. The fraction of sp³-hybridized carbons (Fsp3) is 0.333. The Labute approximate surface area is 122 Å². The first-order chi connectivity index (χ1) is 10.0. The van der Waals surface area contributed by atoms with Gasteiger partial charge in [-0.2, -0.15) is 0 Å². The summed E-state index contributed by atoms with van der Waals surface area (Å²) < 4.78 is 10.3. The minimum absolute atomic E-state index is 0.156. The summed E-state index contributed by atoms with van der Waals surface area (Å²) in [5.74, 6) is -0.384. The van der Waals surface area contributed by atoms with E-state index in [0.717, 1.165) is 5.39 Å². The van der Waals surface area contributed by atoms with E-state index in [9.17, 15) is 9.59 Å². The van der Waals surface area contributed by atoms with Gasteiger partial charge in [0.2, 0.25) is 0 Å². The number of furan rings is 1. The standard InChI is InChI=1S/C15H18N2O4/c1-3-20-14(18)6-7-17(2)15(19)13-9-10-8-11(16)4-5-12(10)21-13/h4-5,8-9H,3,6-7,16H2,1-2H3. The number of carbonyl (C=O) groups excluding carboxylic acids is 2. The molecule has 2 aromatic rings. The third kappa shape index (κ3) is 3.53. The molecule has 0 saturated heterocycles. The van der Waals surface area contributed by atoms with E-state index in [-0.39, 0.29) is 30.6 Å². The molecule has 0 atom stereocenters. The molecule has 0 radical (unpaired) electrons. The summed E-state index contributed by atoms with van der Waals surface area (Å²) >= 11 is 0. The number of carbonyl (C=O) groups is 2. The van der Waals surface area contributed by atoms with Gasteiger partial charge in [-0.25, -0.2) is 0 Å².